The van der Waals surface area contributed by atoms with Crippen LogP contribution in [0.3, 0.4) is 0 Å². The Morgan fingerprint density at radius 2 is 2.23 bits per heavy atom. The number of hydrogen-bond donors (Lipinski definition) is 0. The number of nitrogens with zero attached hydrogens (tertiary/aromatic N) is 6. The second-order valence-electron chi connectivity index (χ2n) is 7.48. The molecule has 5 rings (SSSR count). The summed E-state index contributed by atoms with van der Waals surface area (Å²) in [5.41, 5.74) is 2.07. The summed E-state index contributed by atoms with van der Waals surface area (Å²) in [7, 11) is 1.57. The number of benzene rings is 1. The Morgan fingerprint density at radius 1 is 1.32 bits per heavy atom. The average Bonchev–Trinajstić information content (AvgIpc) is 3.44. The van der Waals surface area contributed by atoms with Gasteiger partial charge in [0.05, 0.1) is 0 Å². The van der Waals surface area contributed by atoms with Gasteiger partial charge in [-0.2, -0.15) is 0 Å². The maximum atomic E-state index is 13.5. The SMILES string of the molecule is COCc1nnc(-c2cccc(N3CC4CCCN4c4nc(SC)ncc4C3=O)c2)o1. The van der Waals surface area contributed by atoms with Crippen molar-refractivity contribution in [1.29, 1.82) is 0 Å². The lowest BCUT2D eigenvalue weighted by atomic mass is 10.1. The van der Waals surface area contributed by atoms with Crippen molar-refractivity contribution < 1.29 is 13.9 Å². The minimum Gasteiger partial charge on any atom is -0.418 e. The Balaban J connectivity index is 1.53. The molecule has 1 aromatic carbocycles. The normalized spacial score (nSPS) is 18.1. The average molecular weight is 439 g/mol. The van der Waals surface area contributed by atoms with Gasteiger partial charge in [0.1, 0.15) is 18.0 Å². The molecule has 10 heteroatoms. The van der Waals surface area contributed by atoms with Gasteiger partial charge in [0.2, 0.25) is 11.8 Å². The molecule has 31 heavy (non-hydrogen) atoms. The number of carbonyl (C=O) groups excluding carboxylic acids is 1. The molecule has 1 unspecified atom stereocenters. The summed E-state index contributed by atoms with van der Waals surface area (Å²) in [4.78, 5) is 26.7. The molecule has 1 amide bonds. The van der Waals surface area contributed by atoms with E-state index < -0.39 is 0 Å². The summed E-state index contributed by atoms with van der Waals surface area (Å²) in [5.74, 6) is 1.45. The molecule has 9 nitrogen and oxygen atoms in total. The lowest BCUT2D eigenvalue weighted by molar-refractivity contribution is 0.0988. The van der Waals surface area contributed by atoms with Crippen LogP contribution in [0.5, 0.6) is 0 Å². The van der Waals surface area contributed by atoms with Crippen LogP contribution in [0, 0.1) is 0 Å². The predicted molar refractivity (Wildman–Crippen MR) is 116 cm³/mol. The predicted octanol–water partition coefficient (Wildman–Crippen LogP) is 3.02. The standard InChI is InChI=1S/C21H22N6O3S/c1-29-12-17-24-25-19(30-17)13-5-3-6-14(9-13)27-11-15-7-4-8-26(15)18-16(20(27)28)10-22-21(23-18)31-2/h3,5-6,9-10,15H,4,7-8,11-12H2,1-2H3. The summed E-state index contributed by atoms with van der Waals surface area (Å²) < 4.78 is 10.7. The molecule has 1 saturated heterocycles. The van der Waals surface area contributed by atoms with E-state index >= 15 is 0 Å². The Bertz CT molecular complexity index is 1120. The van der Waals surface area contributed by atoms with Crippen molar-refractivity contribution in [2.75, 3.05) is 36.3 Å². The van der Waals surface area contributed by atoms with Crippen LogP contribution < -0.4 is 9.80 Å². The molecule has 0 saturated carbocycles. The van der Waals surface area contributed by atoms with Gasteiger partial charge in [-0.25, -0.2) is 9.97 Å². The van der Waals surface area contributed by atoms with Gasteiger partial charge < -0.3 is 19.0 Å². The molecule has 0 N–H and O–H groups in total. The topological polar surface area (TPSA) is 97.5 Å². The van der Waals surface area contributed by atoms with E-state index in [2.05, 4.69) is 25.1 Å². The van der Waals surface area contributed by atoms with E-state index in [4.69, 9.17) is 9.15 Å². The molecule has 1 atom stereocenters. The van der Waals surface area contributed by atoms with Crippen molar-refractivity contribution in [2.45, 2.75) is 30.6 Å². The maximum absolute atomic E-state index is 13.5. The number of ether oxygens (including phenoxy) is 1. The molecule has 2 aromatic heterocycles. The number of methoxy groups -OCH3 is 1. The first kappa shape index (κ1) is 20.0. The van der Waals surface area contributed by atoms with Crippen LogP contribution in [-0.4, -0.2) is 58.6 Å². The first-order valence-corrected chi connectivity index (χ1v) is 11.3. The van der Waals surface area contributed by atoms with Gasteiger partial charge in [-0.1, -0.05) is 17.8 Å². The largest absolute Gasteiger partial charge is 0.418 e. The van der Waals surface area contributed by atoms with Crippen LogP contribution in [0.25, 0.3) is 11.5 Å². The monoisotopic (exact) mass is 438 g/mol. The number of hydrogen-bond acceptors (Lipinski definition) is 9. The second kappa shape index (κ2) is 8.27. The van der Waals surface area contributed by atoms with E-state index in [0.29, 0.717) is 29.0 Å². The molecule has 2 aliphatic rings. The Kier molecular flexibility index (Phi) is 5.33. The zero-order valence-electron chi connectivity index (χ0n) is 17.3. The van der Waals surface area contributed by atoms with Crippen molar-refractivity contribution >= 4 is 29.2 Å². The van der Waals surface area contributed by atoms with E-state index in [1.54, 1.807) is 13.3 Å². The van der Waals surface area contributed by atoms with Gasteiger partial charge >= 0.3 is 0 Å². The Morgan fingerprint density at radius 3 is 3.06 bits per heavy atom. The molecule has 0 radical (unpaired) electrons. The highest BCUT2D eigenvalue weighted by atomic mass is 32.2. The van der Waals surface area contributed by atoms with Crippen LogP contribution in [0.4, 0.5) is 11.5 Å². The fourth-order valence-electron chi connectivity index (χ4n) is 4.15. The molecule has 2 aliphatic heterocycles. The number of amides is 1. The van der Waals surface area contributed by atoms with Crippen LogP contribution in [0.15, 0.2) is 40.0 Å². The van der Waals surface area contributed by atoms with Gasteiger partial charge in [0, 0.05) is 43.7 Å². The zero-order valence-corrected chi connectivity index (χ0v) is 18.1. The lowest BCUT2D eigenvalue weighted by Gasteiger charge is -2.27. The van der Waals surface area contributed by atoms with Crippen LogP contribution in [0.2, 0.25) is 0 Å². The lowest BCUT2D eigenvalue weighted by Crippen LogP contribution is -2.39. The number of thioether (sulfide) groups is 1. The fourth-order valence-corrected chi connectivity index (χ4v) is 4.49. The van der Waals surface area contributed by atoms with E-state index in [1.165, 1.54) is 11.8 Å². The van der Waals surface area contributed by atoms with Crippen LogP contribution in [-0.2, 0) is 11.3 Å². The van der Waals surface area contributed by atoms with Gasteiger partial charge in [0.25, 0.3) is 5.91 Å². The van der Waals surface area contributed by atoms with E-state index in [1.807, 2.05) is 35.4 Å². The van der Waals surface area contributed by atoms with Crippen molar-refractivity contribution in [3.63, 3.8) is 0 Å². The van der Waals surface area contributed by atoms with Crippen LogP contribution in [0.1, 0.15) is 29.1 Å². The quantitative estimate of drug-likeness (QED) is 0.440. The summed E-state index contributed by atoms with van der Waals surface area (Å²) in [6.45, 7) is 1.74. The molecule has 0 spiro atoms. The van der Waals surface area contributed by atoms with Crippen LogP contribution >= 0.6 is 11.8 Å². The highest BCUT2D eigenvalue weighted by molar-refractivity contribution is 7.98. The van der Waals surface area contributed by atoms with Crippen molar-refractivity contribution in [3.05, 3.63) is 41.9 Å². The number of rotatable bonds is 5. The third kappa shape index (κ3) is 3.66. The number of carbonyl (C=O) groups is 1. The minimum absolute atomic E-state index is 0.0974. The number of aromatic nitrogens is 4. The summed E-state index contributed by atoms with van der Waals surface area (Å²) in [6, 6.07) is 7.83. The highest BCUT2D eigenvalue weighted by Crippen LogP contribution is 2.35. The third-order valence-electron chi connectivity index (χ3n) is 5.59. The maximum Gasteiger partial charge on any atom is 0.263 e. The fraction of sp³-hybridized carbons (Fsp3) is 0.381. The minimum atomic E-state index is -0.0974. The summed E-state index contributed by atoms with van der Waals surface area (Å²) in [5, 5.41) is 8.78. The molecule has 4 heterocycles. The van der Waals surface area contributed by atoms with E-state index in [-0.39, 0.29) is 18.6 Å². The summed E-state index contributed by atoms with van der Waals surface area (Å²) >= 11 is 1.48. The van der Waals surface area contributed by atoms with Gasteiger partial charge in [-0.15, -0.1) is 10.2 Å². The highest BCUT2D eigenvalue weighted by Gasteiger charge is 2.37. The summed E-state index contributed by atoms with van der Waals surface area (Å²) in [6.07, 6.45) is 5.69. The molecular weight excluding hydrogens is 416 g/mol. The molecular formula is C21H22N6O3S. The zero-order chi connectivity index (χ0) is 21.4. The van der Waals surface area contributed by atoms with Crippen molar-refractivity contribution in [1.82, 2.24) is 20.2 Å². The molecule has 1 fully saturated rings. The number of anilines is 2. The van der Waals surface area contributed by atoms with Crippen molar-refractivity contribution in [2.24, 2.45) is 0 Å². The molecule has 160 valence electrons. The molecule has 0 bridgehead atoms. The van der Waals surface area contributed by atoms with Gasteiger partial charge in [-0.05, 0) is 37.3 Å². The first-order chi connectivity index (χ1) is 15.2. The Hall–Kier alpha value is -2.98. The Labute approximate surface area is 183 Å². The van der Waals surface area contributed by atoms with Crippen molar-refractivity contribution in [3.8, 4) is 11.5 Å². The molecule has 0 aliphatic carbocycles. The smallest absolute Gasteiger partial charge is 0.263 e. The number of fused-ring (bicyclic) bond motifs is 3. The second-order valence-corrected chi connectivity index (χ2v) is 8.26. The third-order valence-corrected chi connectivity index (χ3v) is 6.15. The first-order valence-electron chi connectivity index (χ1n) is 10.1. The molecule has 3 aromatic rings. The van der Waals surface area contributed by atoms with Gasteiger partial charge in [0.15, 0.2) is 5.16 Å². The van der Waals surface area contributed by atoms with Gasteiger partial charge in [-0.3, -0.25) is 4.79 Å². The van der Waals surface area contributed by atoms with E-state index in [0.717, 1.165) is 36.5 Å². The van der Waals surface area contributed by atoms with E-state index in [9.17, 15) is 4.79 Å².